The van der Waals surface area contributed by atoms with Gasteiger partial charge in [0.1, 0.15) is 12.5 Å². The number of ether oxygens (including phenoxy) is 3. The lowest BCUT2D eigenvalue weighted by Gasteiger charge is -2.24. The number of carbonyl (C=O) groups excluding carboxylic acids is 2. The fourth-order valence-corrected chi connectivity index (χ4v) is 3.44. The van der Waals surface area contributed by atoms with Crippen LogP contribution in [0.5, 0.6) is 5.75 Å². The Morgan fingerprint density at radius 1 is 1.12 bits per heavy atom. The zero-order valence-corrected chi connectivity index (χ0v) is 19.8. The van der Waals surface area contributed by atoms with Crippen LogP contribution < -0.4 is 15.5 Å². The summed E-state index contributed by atoms with van der Waals surface area (Å²) in [6.45, 7) is 2.58. The molecule has 2 aromatic rings. The van der Waals surface area contributed by atoms with Crippen molar-refractivity contribution >= 4 is 27.7 Å². The second kappa shape index (κ2) is 13.8. The van der Waals surface area contributed by atoms with Crippen LogP contribution in [0.2, 0.25) is 0 Å². The number of amides is 2. The summed E-state index contributed by atoms with van der Waals surface area (Å²) in [5.41, 5.74) is 3.09. The largest absolute Gasteiger partial charge is 0.497 e. The molecule has 8 nitrogen and oxygen atoms in total. The molecule has 0 radical (unpaired) electrons. The van der Waals surface area contributed by atoms with E-state index in [4.69, 9.17) is 14.2 Å². The van der Waals surface area contributed by atoms with E-state index in [-0.39, 0.29) is 25.7 Å². The van der Waals surface area contributed by atoms with Crippen molar-refractivity contribution in [2.75, 3.05) is 27.1 Å². The highest BCUT2D eigenvalue weighted by Crippen LogP contribution is 2.20. The second-order valence-electron chi connectivity index (χ2n) is 7.12. The molecule has 2 atom stereocenters. The van der Waals surface area contributed by atoms with Crippen LogP contribution in [0.1, 0.15) is 29.3 Å². The number of rotatable bonds is 13. The fraction of sp³-hybridized carbons (Fsp3) is 0.391. The number of benzene rings is 2. The number of halogens is 1. The molecule has 174 valence electrons. The van der Waals surface area contributed by atoms with Crippen molar-refractivity contribution in [3.63, 3.8) is 0 Å². The molecule has 2 amide bonds. The molecule has 32 heavy (non-hydrogen) atoms. The minimum atomic E-state index is -0.613. The molecule has 0 aliphatic carbocycles. The Morgan fingerprint density at radius 3 is 2.53 bits per heavy atom. The van der Waals surface area contributed by atoms with E-state index < -0.39 is 17.9 Å². The first-order chi connectivity index (χ1) is 15.5. The Balaban J connectivity index is 2.14. The van der Waals surface area contributed by atoms with E-state index in [0.717, 1.165) is 10.0 Å². The van der Waals surface area contributed by atoms with Crippen molar-refractivity contribution < 1.29 is 29.0 Å². The Morgan fingerprint density at radius 2 is 1.88 bits per heavy atom. The van der Waals surface area contributed by atoms with Crippen LogP contribution in [0, 0.1) is 5.92 Å². The molecule has 2 unspecified atom stereocenters. The lowest BCUT2D eigenvalue weighted by atomic mass is 9.92. The molecule has 0 heterocycles. The maximum absolute atomic E-state index is 12.7. The maximum Gasteiger partial charge on any atom is 0.251 e. The molecule has 0 aliphatic rings. The molecule has 0 aromatic heterocycles. The maximum atomic E-state index is 12.7. The Labute approximate surface area is 196 Å². The van der Waals surface area contributed by atoms with Crippen molar-refractivity contribution in [2.45, 2.75) is 25.8 Å². The van der Waals surface area contributed by atoms with E-state index >= 15 is 0 Å². The Bertz CT molecular complexity index is 862. The van der Waals surface area contributed by atoms with Crippen molar-refractivity contribution in [1.29, 1.82) is 0 Å². The lowest BCUT2D eigenvalue weighted by molar-refractivity contribution is -0.134. The van der Waals surface area contributed by atoms with Gasteiger partial charge in [-0.2, -0.15) is 0 Å². The van der Waals surface area contributed by atoms with E-state index in [1.165, 1.54) is 0 Å². The van der Waals surface area contributed by atoms with E-state index in [1.807, 2.05) is 31.2 Å². The van der Waals surface area contributed by atoms with Crippen LogP contribution in [0.25, 0.3) is 0 Å². The van der Waals surface area contributed by atoms with E-state index in [2.05, 4.69) is 21.2 Å². The summed E-state index contributed by atoms with van der Waals surface area (Å²) in [5, 5.41) is 12.2. The SMILES string of the molecule is CCOCOCC(CC(Cc1cccc(OC)c1)C(=O)NO)NC(=O)c1ccc(Br)cc1. The summed E-state index contributed by atoms with van der Waals surface area (Å²) in [6.07, 6.45) is 0.595. The zero-order chi connectivity index (χ0) is 23.3. The molecule has 0 aliphatic heterocycles. The van der Waals surface area contributed by atoms with Gasteiger partial charge in [0.05, 0.1) is 19.8 Å². The minimum absolute atomic E-state index is 0.0773. The van der Waals surface area contributed by atoms with Gasteiger partial charge in [0.15, 0.2) is 0 Å². The summed E-state index contributed by atoms with van der Waals surface area (Å²) in [6, 6.07) is 13.8. The van der Waals surface area contributed by atoms with Gasteiger partial charge >= 0.3 is 0 Å². The number of hydroxylamine groups is 1. The highest BCUT2D eigenvalue weighted by molar-refractivity contribution is 9.10. The lowest BCUT2D eigenvalue weighted by Crippen LogP contribution is -2.42. The molecular formula is C23H29BrN2O6. The number of carbonyl (C=O) groups is 2. The second-order valence-corrected chi connectivity index (χ2v) is 8.04. The highest BCUT2D eigenvalue weighted by atomic mass is 79.9. The molecule has 0 fully saturated rings. The topological polar surface area (TPSA) is 106 Å². The van der Waals surface area contributed by atoms with E-state index in [9.17, 15) is 14.8 Å². The van der Waals surface area contributed by atoms with Crippen LogP contribution in [-0.4, -0.2) is 50.2 Å². The van der Waals surface area contributed by atoms with Crippen molar-refractivity contribution in [3.05, 3.63) is 64.1 Å². The standard InChI is InChI=1S/C23H29BrN2O6/c1-3-31-15-32-14-20(25-22(27)17-7-9-19(24)10-8-17)13-18(23(28)26-29)11-16-5-4-6-21(12-16)30-2/h4-10,12,18,20,29H,3,11,13-15H2,1-2H3,(H,25,27)(H,26,28). The first-order valence-corrected chi connectivity index (χ1v) is 11.0. The molecule has 2 rings (SSSR count). The van der Waals surface area contributed by atoms with Gasteiger partial charge in [-0.3, -0.25) is 14.8 Å². The normalized spacial score (nSPS) is 12.6. The molecule has 9 heteroatoms. The first kappa shape index (κ1) is 25.8. The van der Waals surface area contributed by atoms with Gasteiger partial charge in [-0.05, 0) is 61.7 Å². The average Bonchev–Trinajstić information content (AvgIpc) is 2.81. The molecule has 2 aromatic carbocycles. The van der Waals surface area contributed by atoms with E-state index in [0.29, 0.717) is 24.3 Å². The molecule has 3 N–H and O–H groups in total. The summed E-state index contributed by atoms with van der Waals surface area (Å²) < 4.78 is 16.9. The van der Waals surface area contributed by atoms with Gasteiger partial charge in [0, 0.05) is 22.6 Å². The molecular weight excluding hydrogens is 480 g/mol. The predicted octanol–water partition coefficient (Wildman–Crippen LogP) is 3.32. The van der Waals surface area contributed by atoms with Gasteiger partial charge in [-0.1, -0.05) is 28.1 Å². The molecule has 0 bridgehead atoms. The summed E-state index contributed by atoms with van der Waals surface area (Å²) in [5.74, 6) is -0.767. The Hall–Kier alpha value is -2.46. The third-order valence-electron chi connectivity index (χ3n) is 4.80. The smallest absolute Gasteiger partial charge is 0.251 e. The van der Waals surface area contributed by atoms with Gasteiger partial charge in [-0.15, -0.1) is 0 Å². The zero-order valence-electron chi connectivity index (χ0n) is 18.2. The fourth-order valence-electron chi connectivity index (χ4n) is 3.17. The first-order valence-electron chi connectivity index (χ1n) is 10.3. The van der Waals surface area contributed by atoms with Crippen LogP contribution in [-0.2, 0) is 20.7 Å². The number of hydrogen-bond donors (Lipinski definition) is 3. The van der Waals surface area contributed by atoms with Crippen molar-refractivity contribution in [2.24, 2.45) is 5.92 Å². The van der Waals surface area contributed by atoms with Crippen LogP contribution >= 0.6 is 15.9 Å². The summed E-state index contributed by atoms with van der Waals surface area (Å²) in [4.78, 5) is 25.1. The Kier molecular flexibility index (Phi) is 11.2. The van der Waals surface area contributed by atoms with Crippen LogP contribution in [0.4, 0.5) is 0 Å². The van der Waals surface area contributed by atoms with Gasteiger partial charge < -0.3 is 19.5 Å². The quantitative estimate of drug-likeness (QED) is 0.166. The highest BCUT2D eigenvalue weighted by Gasteiger charge is 2.25. The summed E-state index contributed by atoms with van der Waals surface area (Å²) >= 11 is 3.35. The molecule has 0 saturated heterocycles. The summed E-state index contributed by atoms with van der Waals surface area (Å²) in [7, 11) is 1.57. The number of methoxy groups -OCH3 is 1. The third kappa shape index (κ3) is 8.58. The van der Waals surface area contributed by atoms with E-state index in [1.54, 1.807) is 36.9 Å². The predicted molar refractivity (Wildman–Crippen MR) is 123 cm³/mol. The average molecular weight is 509 g/mol. The molecule has 0 saturated carbocycles. The molecule has 0 spiro atoms. The van der Waals surface area contributed by atoms with Crippen LogP contribution in [0.3, 0.4) is 0 Å². The third-order valence-corrected chi connectivity index (χ3v) is 5.33. The van der Waals surface area contributed by atoms with Crippen molar-refractivity contribution in [3.8, 4) is 5.75 Å². The van der Waals surface area contributed by atoms with Crippen molar-refractivity contribution in [1.82, 2.24) is 10.8 Å². The van der Waals surface area contributed by atoms with Crippen LogP contribution in [0.15, 0.2) is 53.0 Å². The number of nitrogens with one attached hydrogen (secondary N) is 2. The van der Waals surface area contributed by atoms with Gasteiger partial charge in [0.25, 0.3) is 5.91 Å². The monoisotopic (exact) mass is 508 g/mol. The number of hydrogen-bond acceptors (Lipinski definition) is 6. The van der Waals surface area contributed by atoms with Gasteiger partial charge in [-0.25, -0.2) is 5.48 Å². The van der Waals surface area contributed by atoms with Gasteiger partial charge in [0.2, 0.25) is 5.91 Å². The minimum Gasteiger partial charge on any atom is -0.497 e.